The second-order valence-corrected chi connectivity index (χ2v) is 6.63. The van der Waals surface area contributed by atoms with E-state index < -0.39 is 0 Å². The van der Waals surface area contributed by atoms with E-state index in [0.29, 0.717) is 11.5 Å². The summed E-state index contributed by atoms with van der Waals surface area (Å²) in [6.07, 6.45) is 6.62. The Labute approximate surface area is 186 Å². The van der Waals surface area contributed by atoms with Crippen molar-refractivity contribution >= 4 is 0 Å². The van der Waals surface area contributed by atoms with Crippen LogP contribution in [-0.4, -0.2) is 43.4 Å². The van der Waals surface area contributed by atoms with Gasteiger partial charge >= 0.3 is 6.01 Å². The number of para-hydroxylation sites is 1. The van der Waals surface area contributed by atoms with E-state index in [0.717, 1.165) is 37.3 Å². The lowest BCUT2D eigenvalue weighted by molar-refractivity contribution is -0.00000713. The Morgan fingerprint density at radius 1 is 1.06 bits per heavy atom. The summed E-state index contributed by atoms with van der Waals surface area (Å²) in [5.74, 6) is 1.17. The van der Waals surface area contributed by atoms with E-state index in [1.807, 2.05) is 61.1 Å². The number of aryl methyl sites for hydroxylation is 1. The molecule has 31 heavy (non-hydrogen) atoms. The predicted molar refractivity (Wildman–Crippen MR) is 111 cm³/mol. The molecule has 2 aromatic heterocycles. The average molecular weight is 441 g/mol. The molecule has 0 atom stereocenters. The van der Waals surface area contributed by atoms with Crippen LogP contribution in [0.2, 0.25) is 0 Å². The number of rotatable bonds is 10. The summed E-state index contributed by atoms with van der Waals surface area (Å²) in [5.41, 5.74) is 1.91. The van der Waals surface area contributed by atoms with Gasteiger partial charge in [0.25, 0.3) is 0 Å². The molecule has 162 valence electrons. The summed E-state index contributed by atoms with van der Waals surface area (Å²) >= 11 is 0. The summed E-state index contributed by atoms with van der Waals surface area (Å²) in [6.45, 7) is 2.59. The molecule has 1 N–H and O–H groups in total. The molecule has 0 bridgehead atoms. The number of imidazole rings is 1. The van der Waals surface area contributed by atoms with Crippen LogP contribution < -0.4 is 27.2 Å². The van der Waals surface area contributed by atoms with Crippen molar-refractivity contribution in [2.75, 3.05) is 13.7 Å². The lowest BCUT2D eigenvalue weighted by atomic mass is 10.2. The highest BCUT2D eigenvalue weighted by Crippen LogP contribution is 2.32. The highest BCUT2D eigenvalue weighted by Gasteiger charge is 2.14. The van der Waals surface area contributed by atoms with Crippen molar-refractivity contribution in [3.63, 3.8) is 0 Å². The first kappa shape index (κ1) is 22.3. The molecule has 0 unspecified atom stereocenters. The lowest BCUT2D eigenvalue weighted by Crippen LogP contribution is -3.00. The van der Waals surface area contributed by atoms with Crippen molar-refractivity contribution in [1.82, 2.24) is 35.1 Å². The molecule has 0 aliphatic carbocycles. The van der Waals surface area contributed by atoms with Crippen molar-refractivity contribution in [2.24, 2.45) is 0 Å². The average Bonchev–Trinajstić information content (AvgIpc) is 3.47. The van der Waals surface area contributed by atoms with E-state index in [-0.39, 0.29) is 18.4 Å². The van der Waals surface area contributed by atoms with Crippen molar-refractivity contribution in [1.29, 1.82) is 0 Å². The van der Waals surface area contributed by atoms with Crippen LogP contribution in [0.4, 0.5) is 0 Å². The zero-order valence-corrected chi connectivity index (χ0v) is 17.8. The number of nitrogens with one attached hydrogen (secondary N) is 1. The first-order valence-corrected chi connectivity index (χ1v) is 9.68. The second kappa shape index (κ2) is 11.1. The summed E-state index contributed by atoms with van der Waals surface area (Å²) in [6, 6.07) is 15.7. The monoisotopic (exact) mass is 440 g/mol. The Morgan fingerprint density at radius 3 is 2.71 bits per heavy atom. The number of hydrogen-bond donors (Lipinski definition) is 1. The van der Waals surface area contributed by atoms with Crippen molar-refractivity contribution in [2.45, 2.75) is 19.5 Å². The summed E-state index contributed by atoms with van der Waals surface area (Å²) in [7, 11) is 1.62. The molecule has 0 aliphatic heterocycles. The predicted octanol–water partition coefficient (Wildman–Crippen LogP) is -0.156. The number of tetrazole rings is 1. The lowest BCUT2D eigenvalue weighted by Gasteiger charge is -2.12. The standard InChI is InChI=1S/C21H23N7O2.ClH/c1-29-20-14-17(15-22-10-5-12-27-13-11-23-16-27)8-9-19(20)30-21-24-25-26-28(21)18-6-3-2-4-7-18;/h2-4,6-9,11,13-14,16,22H,5,10,12,15H2,1H3;1H/p-1. The van der Waals surface area contributed by atoms with Gasteiger partial charge in [-0.15, -0.1) is 0 Å². The van der Waals surface area contributed by atoms with Gasteiger partial charge in [0.05, 0.1) is 19.1 Å². The van der Waals surface area contributed by atoms with E-state index in [4.69, 9.17) is 9.47 Å². The van der Waals surface area contributed by atoms with Crippen molar-refractivity contribution < 1.29 is 21.9 Å². The van der Waals surface area contributed by atoms with Gasteiger partial charge in [0, 0.05) is 25.5 Å². The van der Waals surface area contributed by atoms with E-state index >= 15 is 0 Å². The van der Waals surface area contributed by atoms with Crippen molar-refractivity contribution in [3.05, 3.63) is 72.8 Å². The molecule has 4 rings (SSSR count). The first-order valence-electron chi connectivity index (χ1n) is 9.68. The minimum Gasteiger partial charge on any atom is -1.00 e. The zero-order valence-electron chi connectivity index (χ0n) is 17.1. The van der Waals surface area contributed by atoms with Crippen LogP contribution in [-0.2, 0) is 13.1 Å². The highest BCUT2D eigenvalue weighted by molar-refractivity contribution is 5.44. The molecule has 0 saturated heterocycles. The SMILES string of the molecule is COc1cc(CNCCCn2ccnc2)ccc1Oc1nnnn1-c1ccccc1.[Cl-]. The van der Waals surface area contributed by atoms with E-state index in [9.17, 15) is 0 Å². The van der Waals surface area contributed by atoms with Crippen LogP contribution in [0.5, 0.6) is 17.5 Å². The summed E-state index contributed by atoms with van der Waals surface area (Å²) in [5, 5.41) is 15.2. The molecule has 0 spiro atoms. The Balaban J connectivity index is 0.00000272. The van der Waals surface area contributed by atoms with Gasteiger partial charge in [-0.2, -0.15) is 4.68 Å². The number of aromatic nitrogens is 6. The first-order chi connectivity index (χ1) is 14.8. The Kier molecular flexibility index (Phi) is 7.97. The van der Waals surface area contributed by atoms with Gasteiger partial charge in [-0.25, -0.2) is 4.98 Å². The van der Waals surface area contributed by atoms with Gasteiger partial charge in [-0.05, 0) is 53.2 Å². The van der Waals surface area contributed by atoms with Crippen LogP contribution in [0.25, 0.3) is 5.69 Å². The number of nitrogens with zero attached hydrogens (tertiary/aromatic N) is 6. The molecule has 4 aromatic rings. The maximum Gasteiger partial charge on any atom is 0.346 e. The Hall–Kier alpha value is -3.43. The molecule has 2 heterocycles. The third-order valence-electron chi connectivity index (χ3n) is 4.53. The van der Waals surface area contributed by atoms with Crippen LogP contribution in [0.15, 0.2) is 67.3 Å². The van der Waals surface area contributed by atoms with Gasteiger partial charge < -0.3 is 31.8 Å². The summed E-state index contributed by atoms with van der Waals surface area (Å²) < 4.78 is 15.1. The molecule has 2 aromatic carbocycles. The molecule has 0 radical (unpaired) electrons. The highest BCUT2D eigenvalue weighted by atomic mass is 35.5. The Bertz CT molecular complexity index is 1050. The molecular formula is C21H23ClN7O2-. The van der Waals surface area contributed by atoms with Gasteiger partial charge in [0.1, 0.15) is 0 Å². The third kappa shape index (κ3) is 5.80. The molecule has 0 aliphatic rings. The molecule has 0 saturated carbocycles. The second-order valence-electron chi connectivity index (χ2n) is 6.63. The smallest absolute Gasteiger partial charge is 0.346 e. The number of hydrogen-bond acceptors (Lipinski definition) is 7. The number of ether oxygens (including phenoxy) is 2. The fraction of sp³-hybridized carbons (Fsp3) is 0.238. The number of benzene rings is 2. The number of halogens is 1. The fourth-order valence-corrected chi connectivity index (χ4v) is 3.02. The number of methoxy groups -OCH3 is 1. The third-order valence-corrected chi connectivity index (χ3v) is 4.53. The van der Waals surface area contributed by atoms with Crippen LogP contribution in [0, 0.1) is 0 Å². The maximum absolute atomic E-state index is 5.94. The Morgan fingerprint density at radius 2 is 1.94 bits per heavy atom. The molecule has 0 fully saturated rings. The molecule has 9 nitrogen and oxygen atoms in total. The van der Waals surface area contributed by atoms with Crippen LogP contribution >= 0.6 is 0 Å². The van der Waals surface area contributed by atoms with Gasteiger partial charge in [-0.1, -0.05) is 29.4 Å². The minimum absolute atomic E-state index is 0. The normalized spacial score (nSPS) is 10.5. The van der Waals surface area contributed by atoms with Gasteiger partial charge in [-0.3, -0.25) is 0 Å². The molecule has 0 amide bonds. The van der Waals surface area contributed by atoms with Gasteiger partial charge in [0.15, 0.2) is 11.5 Å². The van der Waals surface area contributed by atoms with Gasteiger partial charge in [0.2, 0.25) is 0 Å². The van der Waals surface area contributed by atoms with Crippen LogP contribution in [0.1, 0.15) is 12.0 Å². The van der Waals surface area contributed by atoms with E-state index in [2.05, 4.69) is 30.4 Å². The van der Waals surface area contributed by atoms with E-state index in [1.54, 1.807) is 13.3 Å². The topological polar surface area (TPSA) is 91.9 Å². The molecular weight excluding hydrogens is 418 g/mol. The largest absolute Gasteiger partial charge is 1.00 e. The van der Waals surface area contributed by atoms with E-state index in [1.165, 1.54) is 4.68 Å². The van der Waals surface area contributed by atoms with Crippen LogP contribution in [0.3, 0.4) is 0 Å². The quantitative estimate of drug-likeness (QED) is 0.343. The summed E-state index contributed by atoms with van der Waals surface area (Å²) in [4.78, 5) is 4.05. The fourth-order valence-electron chi connectivity index (χ4n) is 3.02. The van der Waals surface area contributed by atoms with Crippen molar-refractivity contribution in [3.8, 4) is 23.2 Å². The molecule has 10 heteroatoms. The minimum atomic E-state index is 0. The zero-order chi connectivity index (χ0) is 20.6. The maximum atomic E-state index is 5.94.